The zero-order valence-electron chi connectivity index (χ0n) is 19.3. The van der Waals surface area contributed by atoms with Crippen molar-refractivity contribution in [3.8, 4) is 5.75 Å². The van der Waals surface area contributed by atoms with Gasteiger partial charge in [-0.1, -0.05) is 11.6 Å². The highest BCUT2D eigenvalue weighted by atomic mass is 35.5. The second kappa shape index (κ2) is 9.23. The van der Waals surface area contributed by atoms with Gasteiger partial charge in [0.25, 0.3) is 5.91 Å². The van der Waals surface area contributed by atoms with Gasteiger partial charge in [-0.2, -0.15) is 5.48 Å². The number of hydrazine groups is 1. The van der Waals surface area contributed by atoms with Crippen LogP contribution in [0.3, 0.4) is 0 Å². The van der Waals surface area contributed by atoms with Gasteiger partial charge in [-0.3, -0.25) is 19.9 Å². The van der Waals surface area contributed by atoms with Crippen LogP contribution in [0.2, 0.25) is 5.02 Å². The molecule has 2 bridgehead atoms. The van der Waals surface area contributed by atoms with E-state index in [9.17, 15) is 14.0 Å². The van der Waals surface area contributed by atoms with Crippen LogP contribution in [0.25, 0.3) is 0 Å². The average molecular weight is 496 g/mol. The lowest BCUT2D eigenvalue weighted by molar-refractivity contribution is -0.127. The van der Waals surface area contributed by atoms with Crippen molar-refractivity contribution in [3.05, 3.63) is 29.0 Å². The molecule has 0 aromatic heterocycles. The minimum atomic E-state index is -0.593. The van der Waals surface area contributed by atoms with Crippen molar-refractivity contribution in [2.75, 3.05) is 20.2 Å². The van der Waals surface area contributed by atoms with Gasteiger partial charge in [0.05, 0.1) is 11.1 Å². The van der Waals surface area contributed by atoms with Crippen molar-refractivity contribution in [3.63, 3.8) is 0 Å². The first-order valence-electron chi connectivity index (χ1n) is 11.8. The minimum absolute atomic E-state index is 0.00229. The van der Waals surface area contributed by atoms with E-state index in [1.807, 2.05) is 7.05 Å². The number of rotatable bonds is 7. The fourth-order valence-electron chi connectivity index (χ4n) is 5.83. The number of benzene rings is 1. The number of fused-ring (bicyclic) bond motifs is 1. The summed E-state index contributed by atoms with van der Waals surface area (Å²) in [6.45, 7) is 2.78. The van der Waals surface area contributed by atoms with Crippen LogP contribution in [0.4, 0.5) is 4.39 Å². The van der Waals surface area contributed by atoms with E-state index in [0.717, 1.165) is 25.5 Å². The lowest BCUT2D eigenvalue weighted by Crippen LogP contribution is -2.55. The Hall–Kier alpha value is -1.98. The summed E-state index contributed by atoms with van der Waals surface area (Å²) in [6.07, 6.45) is 3.00. The topological polar surface area (TPSA) is 104 Å². The largest absolute Gasteiger partial charge is 0.484 e. The van der Waals surface area contributed by atoms with Crippen molar-refractivity contribution >= 4 is 23.4 Å². The molecule has 0 spiro atoms. The number of hydroxylamine groups is 1. The molecule has 6 rings (SSSR count). The third-order valence-corrected chi connectivity index (χ3v) is 8.22. The molecule has 3 aliphatic carbocycles. The monoisotopic (exact) mass is 495 g/mol. The van der Waals surface area contributed by atoms with Gasteiger partial charge >= 0.3 is 0 Å². The highest BCUT2D eigenvalue weighted by molar-refractivity contribution is 6.30. The molecule has 11 heteroatoms. The van der Waals surface area contributed by atoms with Gasteiger partial charge in [0.15, 0.2) is 6.61 Å². The standard InChI is InChI=1S/C23H31ClFN5O4/c1-12-15(10-26-30(12)2)20-6-18(29-34-20)22(32)28-23-7-13(8-23)19(9-23)27-21(31)11-33-14-3-4-16(24)17(25)5-14/h3-5,12-13,15,18-20,26,29H,6-11H2,1-2H3,(H,27,31)(H,28,32)/t12?,13?,15?,18?,19-,20?,23?/m0/s1. The summed E-state index contributed by atoms with van der Waals surface area (Å²) in [7, 11) is 2.02. The van der Waals surface area contributed by atoms with Crippen LogP contribution in [0.1, 0.15) is 32.6 Å². The van der Waals surface area contributed by atoms with Crippen molar-refractivity contribution in [1.29, 1.82) is 0 Å². The molecule has 9 nitrogen and oxygen atoms in total. The maximum Gasteiger partial charge on any atom is 0.258 e. The van der Waals surface area contributed by atoms with Gasteiger partial charge in [-0.25, -0.2) is 9.40 Å². The van der Waals surface area contributed by atoms with Gasteiger partial charge in [0.1, 0.15) is 17.6 Å². The third kappa shape index (κ3) is 4.61. The first kappa shape index (κ1) is 23.7. The molecule has 5 atom stereocenters. The molecule has 1 aromatic carbocycles. The molecule has 34 heavy (non-hydrogen) atoms. The Morgan fingerprint density at radius 3 is 2.85 bits per heavy atom. The molecule has 2 saturated heterocycles. The van der Waals surface area contributed by atoms with Crippen LogP contribution in [-0.4, -0.2) is 66.8 Å². The van der Waals surface area contributed by atoms with Gasteiger partial charge in [-0.15, -0.1) is 0 Å². The van der Waals surface area contributed by atoms with Crippen LogP contribution in [0, 0.1) is 17.7 Å². The lowest BCUT2D eigenvalue weighted by atomic mass is 9.76. The van der Waals surface area contributed by atoms with Crippen molar-refractivity contribution in [2.45, 2.75) is 62.4 Å². The molecule has 186 valence electrons. The first-order chi connectivity index (χ1) is 16.2. The molecule has 4 unspecified atom stereocenters. The SMILES string of the molecule is CC1C(C2CC(C(=O)NC34CC(C3)[C@@H](NC(=O)COc3ccc(Cl)c(F)c3)C4)NO2)CNN1C. The number of halogens is 2. The van der Waals surface area contributed by atoms with Crippen molar-refractivity contribution in [1.82, 2.24) is 26.5 Å². The Kier molecular flexibility index (Phi) is 6.45. The molecule has 2 aliphatic heterocycles. The Morgan fingerprint density at radius 2 is 2.15 bits per heavy atom. The van der Waals surface area contributed by atoms with Gasteiger partial charge in [-0.05, 0) is 44.2 Å². The molecule has 2 amide bonds. The summed E-state index contributed by atoms with van der Waals surface area (Å²) in [5.74, 6) is -0.0159. The third-order valence-electron chi connectivity index (χ3n) is 7.91. The van der Waals surface area contributed by atoms with E-state index >= 15 is 0 Å². The van der Waals surface area contributed by atoms with Crippen LogP contribution in [0.15, 0.2) is 18.2 Å². The molecule has 2 heterocycles. The van der Waals surface area contributed by atoms with E-state index in [-0.39, 0.29) is 52.9 Å². The number of amides is 2. The predicted octanol–water partition coefficient (Wildman–Crippen LogP) is 1.13. The van der Waals surface area contributed by atoms with Gasteiger partial charge in [0, 0.05) is 49.6 Å². The number of nitrogens with zero attached hydrogens (tertiary/aromatic N) is 1. The van der Waals surface area contributed by atoms with Crippen LogP contribution in [0.5, 0.6) is 5.75 Å². The zero-order valence-corrected chi connectivity index (χ0v) is 20.0. The summed E-state index contributed by atoms with van der Waals surface area (Å²) in [4.78, 5) is 31.1. The Bertz CT molecular complexity index is 961. The fourth-order valence-corrected chi connectivity index (χ4v) is 5.95. The molecular formula is C23H31ClFN5O4. The number of carbonyl (C=O) groups excluding carboxylic acids is 2. The Morgan fingerprint density at radius 1 is 1.35 bits per heavy atom. The second-order valence-electron chi connectivity index (χ2n) is 10.1. The van der Waals surface area contributed by atoms with Crippen molar-refractivity contribution < 1.29 is 23.6 Å². The van der Waals surface area contributed by atoms with E-state index in [0.29, 0.717) is 30.7 Å². The van der Waals surface area contributed by atoms with Gasteiger partial charge < -0.3 is 15.4 Å². The van der Waals surface area contributed by atoms with Crippen molar-refractivity contribution in [2.24, 2.45) is 11.8 Å². The number of carbonyl (C=O) groups is 2. The van der Waals surface area contributed by atoms with Crippen LogP contribution >= 0.6 is 11.6 Å². The molecule has 5 aliphatic rings. The van der Waals surface area contributed by atoms with Crippen LogP contribution < -0.4 is 26.3 Å². The maximum atomic E-state index is 13.5. The number of ether oxygens (including phenoxy) is 1. The van der Waals surface area contributed by atoms with E-state index in [2.05, 4.69) is 33.5 Å². The molecular weight excluding hydrogens is 465 g/mol. The number of hydrogen-bond acceptors (Lipinski definition) is 7. The highest BCUT2D eigenvalue weighted by Gasteiger charge is 2.57. The quantitative estimate of drug-likeness (QED) is 0.449. The predicted molar refractivity (Wildman–Crippen MR) is 122 cm³/mol. The fraction of sp³-hybridized carbons (Fsp3) is 0.652. The first-order valence-corrected chi connectivity index (χ1v) is 12.2. The minimum Gasteiger partial charge on any atom is -0.484 e. The molecule has 5 fully saturated rings. The summed E-state index contributed by atoms with van der Waals surface area (Å²) in [5, 5.41) is 8.31. The highest BCUT2D eigenvalue weighted by Crippen LogP contribution is 2.52. The maximum absolute atomic E-state index is 13.5. The normalized spacial score (nSPS) is 36.8. The summed E-state index contributed by atoms with van der Waals surface area (Å²) in [5.41, 5.74) is 5.97. The Balaban J connectivity index is 1.07. The molecule has 0 radical (unpaired) electrons. The average Bonchev–Trinajstić information content (AvgIpc) is 3.53. The van der Waals surface area contributed by atoms with Crippen LogP contribution in [-0.2, 0) is 14.4 Å². The van der Waals surface area contributed by atoms with E-state index in [1.165, 1.54) is 12.1 Å². The summed E-state index contributed by atoms with van der Waals surface area (Å²) in [6, 6.07) is 4.00. The molecule has 1 aromatic rings. The van der Waals surface area contributed by atoms with Gasteiger partial charge in [0.2, 0.25) is 5.91 Å². The Labute approximate surface area is 203 Å². The summed E-state index contributed by atoms with van der Waals surface area (Å²) < 4.78 is 18.9. The smallest absolute Gasteiger partial charge is 0.258 e. The zero-order chi connectivity index (χ0) is 24.0. The van der Waals surface area contributed by atoms with E-state index in [1.54, 1.807) is 0 Å². The van der Waals surface area contributed by atoms with E-state index < -0.39 is 5.82 Å². The number of nitrogens with one attached hydrogen (secondary N) is 4. The lowest BCUT2D eigenvalue weighted by Gasteiger charge is -2.39. The molecule has 3 saturated carbocycles. The molecule has 4 N–H and O–H groups in total. The van der Waals surface area contributed by atoms with E-state index in [4.69, 9.17) is 21.2 Å². The summed E-state index contributed by atoms with van der Waals surface area (Å²) >= 11 is 5.66. The number of hydrogen-bond donors (Lipinski definition) is 4. The second-order valence-corrected chi connectivity index (χ2v) is 10.5.